The second kappa shape index (κ2) is 15.0. The van der Waals surface area contributed by atoms with Crippen LogP contribution >= 0.6 is 0 Å². The van der Waals surface area contributed by atoms with E-state index in [2.05, 4.69) is 78.4 Å². The van der Waals surface area contributed by atoms with Crippen LogP contribution < -0.4 is 0 Å². The molecule has 0 fully saturated rings. The first-order valence-corrected chi connectivity index (χ1v) is 14.4. The summed E-state index contributed by atoms with van der Waals surface area (Å²) in [6.07, 6.45) is 12.1. The zero-order valence-electron chi connectivity index (χ0n) is 25.2. The second-order valence-corrected chi connectivity index (χ2v) is 10.3. The molecule has 6 aromatic heterocycles. The van der Waals surface area contributed by atoms with Crippen LogP contribution in [0.2, 0.25) is 0 Å². The molecule has 2 aromatic carbocycles. The Morgan fingerprint density at radius 3 is 1.28 bits per heavy atom. The van der Waals surface area contributed by atoms with Crippen LogP contribution in [0.3, 0.4) is 0 Å². The number of fused-ring (bicyclic) bond motifs is 6. The van der Waals surface area contributed by atoms with Crippen molar-refractivity contribution in [3.8, 4) is 11.4 Å². The number of aromatic nitrogens is 6. The third kappa shape index (κ3) is 7.57. The van der Waals surface area contributed by atoms with Gasteiger partial charge >= 0.3 is 0 Å². The van der Waals surface area contributed by atoms with E-state index in [9.17, 15) is 5.21 Å². The fourth-order valence-electron chi connectivity index (χ4n) is 4.91. The maximum atomic E-state index is 10.9. The average Bonchev–Trinajstić information content (AvgIpc) is 3.09. The molecule has 226 valence electrons. The van der Waals surface area contributed by atoms with Gasteiger partial charge < -0.3 is 5.21 Å². The van der Waals surface area contributed by atoms with Gasteiger partial charge in [-0.25, -0.2) is 4.74 Å². The number of pyridine rings is 6. The maximum Gasteiger partial charge on any atom is 0.181 e. The molecule has 0 bridgehead atoms. The first kappa shape index (κ1) is 31.9. The van der Waals surface area contributed by atoms with Crippen molar-refractivity contribution in [2.75, 3.05) is 7.05 Å². The van der Waals surface area contributed by atoms with Crippen LogP contribution in [0, 0.1) is 12.1 Å². The molecule has 0 saturated heterocycles. The Hall–Kier alpha value is -5.53. The summed E-state index contributed by atoms with van der Waals surface area (Å²) in [5.41, 5.74) is 7.44. The number of nitrogens with zero attached hydrogens (tertiary/aromatic N) is 7. The summed E-state index contributed by atoms with van der Waals surface area (Å²) in [5, 5.41) is 15.5. The minimum absolute atomic E-state index is 0. The van der Waals surface area contributed by atoms with Crippen molar-refractivity contribution in [2.45, 2.75) is 6.92 Å². The first-order valence-electron chi connectivity index (χ1n) is 14.4. The number of hydrogen-bond acceptors (Lipinski definition) is 7. The van der Waals surface area contributed by atoms with Crippen LogP contribution in [-0.4, -0.2) is 47.9 Å². The summed E-state index contributed by atoms with van der Waals surface area (Å²) >= 11 is 0. The molecule has 0 unspecified atom stereocenters. The first-order chi connectivity index (χ1) is 22.0. The SMILES string of the molecule is Cc1ccnc(-c2cc(/C=[N+](/C)[O-])ccn2)c1.[Ru].c1cnc2c(c1)ccc1cccnc12.c1cnc2c(c1)ccc1cccnc12. The van der Waals surface area contributed by atoms with E-state index in [0.717, 1.165) is 70.9 Å². The summed E-state index contributed by atoms with van der Waals surface area (Å²) in [6.45, 7) is 2.01. The van der Waals surface area contributed by atoms with Gasteiger partial charge in [-0.3, -0.25) is 29.9 Å². The van der Waals surface area contributed by atoms with Gasteiger partial charge in [-0.05, 0) is 61.0 Å². The van der Waals surface area contributed by atoms with Crippen LogP contribution in [0.4, 0.5) is 0 Å². The Morgan fingerprint density at radius 1 is 0.500 bits per heavy atom. The summed E-state index contributed by atoms with van der Waals surface area (Å²) in [5.74, 6) is 0. The number of rotatable bonds is 2. The van der Waals surface area contributed by atoms with E-state index in [-0.39, 0.29) is 19.5 Å². The van der Waals surface area contributed by atoms with Gasteiger partial charge in [0.25, 0.3) is 0 Å². The van der Waals surface area contributed by atoms with Gasteiger partial charge in [-0.2, -0.15) is 0 Å². The van der Waals surface area contributed by atoms with Gasteiger partial charge in [0, 0.05) is 83.8 Å². The van der Waals surface area contributed by atoms with E-state index in [0.29, 0.717) is 0 Å². The fourth-order valence-corrected chi connectivity index (χ4v) is 4.91. The third-order valence-electron chi connectivity index (χ3n) is 6.98. The molecule has 0 radical (unpaired) electrons. The van der Waals surface area contributed by atoms with E-state index in [1.807, 2.05) is 49.4 Å². The fraction of sp³-hybridized carbons (Fsp3) is 0.0541. The molecule has 8 aromatic rings. The molecule has 0 aliphatic rings. The van der Waals surface area contributed by atoms with Crippen LogP contribution in [-0.2, 0) is 19.5 Å². The molecule has 0 amide bonds. The summed E-state index contributed by atoms with van der Waals surface area (Å²) in [4.78, 5) is 25.9. The molecule has 9 heteroatoms. The van der Waals surface area contributed by atoms with Crippen LogP contribution in [0.25, 0.3) is 55.0 Å². The van der Waals surface area contributed by atoms with Gasteiger partial charge in [0.2, 0.25) is 0 Å². The normalized spacial score (nSPS) is 10.9. The van der Waals surface area contributed by atoms with Crippen LogP contribution in [0.5, 0.6) is 0 Å². The van der Waals surface area contributed by atoms with Crippen molar-refractivity contribution >= 4 is 49.8 Å². The number of benzene rings is 2. The zero-order chi connectivity index (χ0) is 31.0. The van der Waals surface area contributed by atoms with E-state index in [4.69, 9.17) is 0 Å². The molecule has 0 N–H and O–H groups in total. The van der Waals surface area contributed by atoms with Crippen molar-refractivity contribution in [1.29, 1.82) is 0 Å². The topological polar surface area (TPSA) is 103 Å². The van der Waals surface area contributed by atoms with E-state index >= 15 is 0 Å². The molecule has 8 rings (SSSR count). The van der Waals surface area contributed by atoms with Gasteiger partial charge in [-0.15, -0.1) is 0 Å². The number of hydroxylamine groups is 1. The number of hydrogen-bond donors (Lipinski definition) is 0. The third-order valence-corrected chi connectivity index (χ3v) is 6.98. The van der Waals surface area contributed by atoms with Crippen molar-refractivity contribution in [2.24, 2.45) is 0 Å². The molecule has 0 aliphatic carbocycles. The Labute approximate surface area is 278 Å². The molecule has 0 atom stereocenters. The monoisotopic (exact) mass is 689 g/mol. The molecule has 46 heavy (non-hydrogen) atoms. The summed E-state index contributed by atoms with van der Waals surface area (Å²) in [7, 11) is 1.45. The van der Waals surface area contributed by atoms with Crippen LogP contribution in [0.1, 0.15) is 11.1 Å². The standard InChI is InChI=1S/C13H13N3O.2C12H8N2.Ru/c1-10-3-5-14-12(7-10)13-8-11(4-6-15-13)9-16(2)17;2*1-3-9-5-6-10-4-2-8-14-12(10)11(9)13-7-1;/h3-9H,1-2H3;2*1-8H;/b16-9-;;;. The minimum Gasteiger partial charge on any atom is -0.624 e. The van der Waals surface area contributed by atoms with Crippen molar-refractivity contribution in [1.82, 2.24) is 29.9 Å². The molecular formula is C37H29N7ORu. The Kier molecular flexibility index (Phi) is 10.4. The Balaban J connectivity index is 0.000000135. The van der Waals surface area contributed by atoms with Gasteiger partial charge in [0.05, 0.1) is 33.5 Å². The summed E-state index contributed by atoms with van der Waals surface area (Å²) in [6, 6.07) is 31.8. The minimum atomic E-state index is 0. The predicted molar refractivity (Wildman–Crippen MR) is 181 cm³/mol. The van der Waals surface area contributed by atoms with Crippen LogP contribution in [0.15, 0.2) is 134 Å². The Bertz CT molecular complexity index is 2070. The molecular weight excluding hydrogens is 660 g/mol. The maximum absolute atomic E-state index is 10.9. The van der Waals surface area contributed by atoms with Gasteiger partial charge in [0.1, 0.15) is 7.05 Å². The molecule has 0 saturated carbocycles. The smallest absolute Gasteiger partial charge is 0.181 e. The molecule has 8 nitrogen and oxygen atoms in total. The van der Waals surface area contributed by atoms with E-state index < -0.39 is 0 Å². The average molecular weight is 689 g/mol. The predicted octanol–water partition coefficient (Wildman–Crippen LogP) is 7.57. The second-order valence-electron chi connectivity index (χ2n) is 10.3. The van der Waals surface area contributed by atoms with Gasteiger partial charge in [0.15, 0.2) is 6.21 Å². The van der Waals surface area contributed by atoms with Crippen molar-refractivity contribution in [3.05, 3.63) is 151 Å². The molecule has 0 spiro atoms. The molecule has 6 heterocycles. The number of aryl methyl sites for hydroxylation is 1. The summed E-state index contributed by atoms with van der Waals surface area (Å²) < 4.78 is 0.767. The Morgan fingerprint density at radius 2 is 0.891 bits per heavy atom. The van der Waals surface area contributed by atoms with Crippen molar-refractivity contribution < 1.29 is 24.2 Å². The van der Waals surface area contributed by atoms with E-state index in [1.54, 1.807) is 43.2 Å². The largest absolute Gasteiger partial charge is 0.624 e. The zero-order valence-corrected chi connectivity index (χ0v) is 26.9. The quantitative estimate of drug-likeness (QED) is 0.0461. The van der Waals surface area contributed by atoms with Crippen molar-refractivity contribution in [3.63, 3.8) is 0 Å². The van der Waals surface area contributed by atoms with Gasteiger partial charge in [-0.1, -0.05) is 48.5 Å². The molecule has 0 aliphatic heterocycles. The van der Waals surface area contributed by atoms with E-state index in [1.165, 1.54) is 13.3 Å².